The summed E-state index contributed by atoms with van der Waals surface area (Å²) < 4.78 is 10.2. The van der Waals surface area contributed by atoms with Gasteiger partial charge in [0.05, 0.1) is 28.9 Å². The summed E-state index contributed by atoms with van der Waals surface area (Å²) in [6, 6.07) is 15.7. The lowest BCUT2D eigenvalue weighted by molar-refractivity contribution is 0.126. The molecule has 0 spiro atoms. The summed E-state index contributed by atoms with van der Waals surface area (Å²) in [5.41, 5.74) is 5.49. The van der Waals surface area contributed by atoms with Crippen molar-refractivity contribution in [3.63, 3.8) is 0 Å². The molecule has 6 rings (SSSR count). The monoisotopic (exact) mass is 483 g/mol. The molecule has 0 fully saturated rings. The molecule has 0 saturated heterocycles. The number of thiazole rings is 1. The summed E-state index contributed by atoms with van der Waals surface area (Å²) >= 11 is 1.64. The van der Waals surface area contributed by atoms with Crippen molar-refractivity contribution in [3.05, 3.63) is 77.5 Å². The van der Waals surface area contributed by atoms with E-state index in [1.54, 1.807) is 35.5 Å². The number of nitrogens with zero attached hydrogens (tertiary/aromatic N) is 7. The average molecular weight is 484 g/mol. The second-order valence-corrected chi connectivity index (χ2v) is 9.01. The number of benzene rings is 2. The van der Waals surface area contributed by atoms with Gasteiger partial charge in [-0.2, -0.15) is 0 Å². The second kappa shape index (κ2) is 8.48. The molecule has 174 valence electrons. The first-order valence-electron chi connectivity index (χ1n) is 11.0. The molecule has 0 radical (unpaired) electrons. The SMILES string of the molecule is COc1ccccc1/C=N\OCc1nc2c3c(C)c(C)n(-c4nc5ccccc5s4)c3ncn2n1. The predicted molar refractivity (Wildman–Crippen MR) is 136 cm³/mol. The third kappa shape index (κ3) is 3.58. The molecule has 0 bridgehead atoms. The van der Waals surface area contributed by atoms with Gasteiger partial charge in [0.2, 0.25) is 0 Å². The minimum absolute atomic E-state index is 0.130. The van der Waals surface area contributed by atoms with E-state index in [9.17, 15) is 0 Å². The fourth-order valence-corrected chi connectivity index (χ4v) is 5.14. The maximum atomic E-state index is 5.47. The van der Waals surface area contributed by atoms with Crippen LogP contribution < -0.4 is 4.74 Å². The van der Waals surface area contributed by atoms with E-state index in [0.717, 1.165) is 54.6 Å². The fraction of sp³-hybridized carbons (Fsp3) is 0.160. The Labute approximate surface area is 204 Å². The van der Waals surface area contributed by atoms with Crippen molar-refractivity contribution >= 4 is 44.4 Å². The van der Waals surface area contributed by atoms with Crippen molar-refractivity contribution in [1.29, 1.82) is 0 Å². The van der Waals surface area contributed by atoms with Crippen LogP contribution in [0.4, 0.5) is 0 Å². The van der Waals surface area contributed by atoms with Crippen molar-refractivity contribution in [2.24, 2.45) is 5.16 Å². The number of rotatable bonds is 6. The Bertz CT molecular complexity index is 1700. The van der Waals surface area contributed by atoms with E-state index < -0.39 is 0 Å². The summed E-state index contributed by atoms with van der Waals surface area (Å²) in [5, 5.41) is 10.4. The normalized spacial score (nSPS) is 11.9. The highest BCUT2D eigenvalue weighted by atomic mass is 32.1. The lowest BCUT2D eigenvalue weighted by Gasteiger charge is -2.02. The minimum atomic E-state index is 0.130. The number of methoxy groups -OCH3 is 1. The standard InChI is InChI=1S/C25H21N7O2S/c1-15-16(2)32(25-28-18-9-5-7-11-20(18)35-25)23-22(15)24-29-21(30-31(24)14-26-23)13-34-27-12-17-8-4-6-10-19(17)33-3/h4-12,14H,13H2,1-3H3/b27-12-. The molecule has 0 atom stereocenters. The van der Waals surface area contributed by atoms with Crippen LogP contribution in [-0.2, 0) is 11.4 Å². The highest BCUT2D eigenvalue weighted by Crippen LogP contribution is 2.33. The Balaban J connectivity index is 1.34. The van der Waals surface area contributed by atoms with Crippen LogP contribution in [-0.4, -0.2) is 42.5 Å². The minimum Gasteiger partial charge on any atom is -0.496 e. The first-order valence-corrected chi connectivity index (χ1v) is 11.8. The van der Waals surface area contributed by atoms with E-state index in [4.69, 9.17) is 24.5 Å². The Kier molecular flexibility index (Phi) is 5.14. The van der Waals surface area contributed by atoms with Crippen molar-refractivity contribution < 1.29 is 9.57 Å². The molecular weight excluding hydrogens is 462 g/mol. The third-order valence-corrected chi connectivity index (χ3v) is 6.97. The summed E-state index contributed by atoms with van der Waals surface area (Å²) in [6.07, 6.45) is 3.29. The lowest BCUT2D eigenvalue weighted by Crippen LogP contribution is -1.98. The molecule has 4 aromatic heterocycles. The van der Waals surface area contributed by atoms with Crippen LogP contribution in [0.3, 0.4) is 0 Å². The smallest absolute Gasteiger partial charge is 0.196 e. The molecule has 10 heteroatoms. The number of fused-ring (bicyclic) bond motifs is 4. The number of aryl methyl sites for hydroxylation is 1. The molecule has 6 aromatic rings. The van der Waals surface area contributed by atoms with Crippen molar-refractivity contribution in [2.75, 3.05) is 7.11 Å². The molecule has 0 aliphatic carbocycles. The van der Waals surface area contributed by atoms with Crippen LogP contribution >= 0.6 is 11.3 Å². The van der Waals surface area contributed by atoms with Gasteiger partial charge in [-0.05, 0) is 43.7 Å². The van der Waals surface area contributed by atoms with Crippen LogP contribution in [0.25, 0.3) is 32.0 Å². The number of aromatic nitrogens is 6. The fourth-order valence-electron chi connectivity index (χ4n) is 4.12. The number of hydrogen-bond donors (Lipinski definition) is 0. The maximum absolute atomic E-state index is 5.47. The molecule has 9 nitrogen and oxygen atoms in total. The summed E-state index contributed by atoms with van der Waals surface area (Å²) in [4.78, 5) is 19.7. The summed E-state index contributed by atoms with van der Waals surface area (Å²) in [6.45, 7) is 4.28. The van der Waals surface area contributed by atoms with Gasteiger partial charge < -0.3 is 9.57 Å². The molecular formula is C25H21N7O2S. The zero-order chi connectivity index (χ0) is 23.9. The van der Waals surface area contributed by atoms with Crippen LogP contribution in [0, 0.1) is 13.8 Å². The van der Waals surface area contributed by atoms with Gasteiger partial charge in [-0.25, -0.2) is 19.5 Å². The highest BCUT2D eigenvalue weighted by Gasteiger charge is 2.20. The molecule has 4 heterocycles. The van der Waals surface area contributed by atoms with Gasteiger partial charge in [-0.1, -0.05) is 40.8 Å². The van der Waals surface area contributed by atoms with Crippen LogP contribution in [0.1, 0.15) is 22.6 Å². The van der Waals surface area contributed by atoms with Gasteiger partial charge in [-0.15, -0.1) is 5.10 Å². The van der Waals surface area contributed by atoms with Gasteiger partial charge >= 0.3 is 0 Å². The quantitative estimate of drug-likeness (QED) is 0.248. The van der Waals surface area contributed by atoms with Gasteiger partial charge in [0.25, 0.3) is 0 Å². The van der Waals surface area contributed by atoms with E-state index in [0.29, 0.717) is 5.82 Å². The largest absolute Gasteiger partial charge is 0.496 e. The van der Waals surface area contributed by atoms with Gasteiger partial charge in [-0.3, -0.25) is 4.57 Å². The van der Waals surface area contributed by atoms with Crippen LogP contribution in [0.2, 0.25) is 0 Å². The Morgan fingerprint density at radius 2 is 1.86 bits per heavy atom. The molecule has 0 aliphatic heterocycles. The Morgan fingerprint density at radius 3 is 2.71 bits per heavy atom. The molecule has 2 aromatic carbocycles. The molecule has 0 unspecified atom stereocenters. The highest BCUT2D eigenvalue weighted by molar-refractivity contribution is 7.20. The van der Waals surface area contributed by atoms with Crippen molar-refractivity contribution in [2.45, 2.75) is 20.5 Å². The van der Waals surface area contributed by atoms with Gasteiger partial charge in [0.1, 0.15) is 12.1 Å². The van der Waals surface area contributed by atoms with Crippen LogP contribution in [0.5, 0.6) is 5.75 Å². The topological polar surface area (TPSA) is 91.7 Å². The van der Waals surface area contributed by atoms with Gasteiger partial charge in [0, 0.05) is 11.3 Å². The van der Waals surface area contributed by atoms with Crippen molar-refractivity contribution in [3.8, 4) is 10.9 Å². The predicted octanol–water partition coefficient (Wildman–Crippen LogP) is 4.85. The zero-order valence-electron chi connectivity index (χ0n) is 19.3. The maximum Gasteiger partial charge on any atom is 0.196 e. The Morgan fingerprint density at radius 1 is 1.03 bits per heavy atom. The first-order chi connectivity index (χ1) is 17.1. The molecule has 0 N–H and O–H groups in total. The number of ether oxygens (including phenoxy) is 1. The van der Waals surface area contributed by atoms with E-state index >= 15 is 0 Å². The van der Waals surface area contributed by atoms with E-state index in [2.05, 4.69) is 34.7 Å². The van der Waals surface area contributed by atoms with Crippen LogP contribution in [0.15, 0.2) is 60.0 Å². The van der Waals surface area contributed by atoms with Crippen molar-refractivity contribution in [1.82, 2.24) is 29.1 Å². The van der Waals surface area contributed by atoms with E-state index in [-0.39, 0.29) is 6.61 Å². The first kappa shape index (κ1) is 21.2. The zero-order valence-corrected chi connectivity index (χ0v) is 20.2. The summed E-state index contributed by atoms with van der Waals surface area (Å²) in [5.74, 6) is 1.24. The Hall–Kier alpha value is -4.31. The van der Waals surface area contributed by atoms with E-state index in [1.807, 2.05) is 42.5 Å². The number of oxime groups is 1. The number of para-hydroxylation sites is 2. The average Bonchev–Trinajstić information content (AvgIpc) is 3.56. The third-order valence-electron chi connectivity index (χ3n) is 5.95. The molecule has 0 saturated carbocycles. The van der Waals surface area contributed by atoms with E-state index in [1.165, 1.54) is 0 Å². The van der Waals surface area contributed by atoms with Gasteiger partial charge in [0.15, 0.2) is 28.9 Å². The molecule has 0 amide bonds. The second-order valence-electron chi connectivity index (χ2n) is 8.00. The number of hydrogen-bond acceptors (Lipinski definition) is 8. The molecule has 0 aliphatic rings. The summed E-state index contributed by atoms with van der Waals surface area (Å²) in [7, 11) is 1.62. The molecule has 35 heavy (non-hydrogen) atoms. The lowest BCUT2D eigenvalue weighted by atomic mass is 10.2.